The van der Waals surface area contributed by atoms with E-state index < -0.39 is 11.7 Å². The second-order valence-corrected chi connectivity index (χ2v) is 7.23. The van der Waals surface area contributed by atoms with Crippen LogP contribution in [0.2, 0.25) is 0 Å². The van der Waals surface area contributed by atoms with Gasteiger partial charge in [0.2, 0.25) is 0 Å². The minimum absolute atomic E-state index is 0.113. The molecule has 1 aliphatic heterocycles. The molecule has 0 unspecified atom stereocenters. The number of aromatic nitrogens is 2. The molecule has 0 spiro atoms. The first-order valence-corrected chi connectivity index (χ1v) is 9.37. The normalized spacial score (nSPS) is 13.9. The summed E-state index contributed by atoms with van der Waals surface area (Å²) in [6, 6.07) is 12.7. The molecule has 2 aromatic carbocycles. The number of allylic oxidation sites excluding steroid dienone is 1. The zero-order valence-corrected chi connectivity index (χ0v) is 16.5. The Balaban J connectivity index is 1.90. The van der Waals surface area contributed by atoms with E-state index in [4.69, 9.17) is 4.74 Å². The summed E-state index contributed by atoms with van der Waals surface area (Å²) in [6.45, 7) is 2.19. The summed E-state index contributed by atoms with van der Waals surface area (Å²) in [5, 5.41) is 4.61. The van der Waals surface area contributed by atoms with E-state index in [1.54, 1.807) is 17.9 Å². The first-order valence-electron chi connectivity index (χ1n) is 9.37. The van der Waals surface area contributed by atoms with Gasteiger partial charge in [-0.15, -0.1) is 0 Å². The first-order chi connectivity index (χ1) is 14.3. The van der Waals surface area contributed by atoms with Crippen molar-refractivity contribution in [2.45, 2.75) is 26.1 Å². The van der Waals surface area contributed by atoms with E-state index in [-0.39, 0.29) is 24.4 Å². The molecule has 0 fully saturated rings. The Morgan fingerprint density at radius 1 is 1.10 bits per heavy atom. The predicted octanol–water partition coefficient (Wildman–Crippen LogP) is 5.04. The van der Waals surface area contributed by atoms with Crippen molar-refractivity contribution in [2.24, 2.45) is 0 Å². The molecule has 0 atom stereocenters. The van der Waals surface area contributed by atoms with Crippen LogP contribution >= 0.6 is 0 Å². The number of hydrogen-bond donors (Lipinski definition) is 0. The van der Waals surface area contributed by atoms with Gasteiger partial charge in [-0.05, 0) is 24.6 Å². The van der Waals surface area contributed by atoms with Crippen LogP contribution in [0.1, 0.15) is 28.1 Å². The fourth-order valence-corrected chi connectivity index (χ4v) is 3.65. The van der Waals surface area contributed by atoms with Crippen LogP contribution in [0.15, 0.2) is 54.6 Å². The Kier molecular flexibility index (Phi) is 5.07. The molecule has 1 aromatic heterocycles. The molecule has 30 heavy (non-hydrogen) atoms. The zero-order chi connectivity index (χ0) is 21.5. The highest BCUT2D eigenvalue weighted by molar-refractivity contribution is 6.01. The van der Waals surface area contributed by atoms with Crippen molar-refractivity contribution in [1.82, 2.24) is 9.78 Å². The first kappa shape index (κ1) is 20.1. The number of carbonyl (C=O) groups excluding carboxylic acids is 1. The molecular formula is C23H19F3N2O2. The smallest absolute Gasteiger partial charge is 0.378 e. The van der Waals surface area contributed by atoms with Gasteiger partial charge in [0, 0.05) is 24.3 Å². The van der Waals surface area contributed by atoms with E-state index in [1.807, 2.05) is 31.2 Å². The predicted molar refractivity (Wildman–Crippen MR) is 107 cm³/mol. The molecule has 154 valence electrons. The second-order valence-electron chi connectivity index (χ2n) is 7.23. The highest BCUT2D eigenvalue weighted by Crippen LogP contribution is 2.36. The molecule has 3 aromatic rings. The summed E-state index contributed by atoms with van der Waals surface area (Å²) in [4.78, 5) is 12.5. The maximum Gasteiger partial charge on any atom is 0.416 e. The van der Waals surface area contributed by atoms with Crippen molar-refractivity contribution < 1.29 is 22.7 Å². The van der Waals surface area contributed by atoms with Crippen LogP contribution in [0.25, 0.3) is 16.8 Å². The minimum Gasteiger partial charge on any atom is -0.378 e. The highest BCUT2D eigenvalue weighted by Gasteiger charge is 2.32. The Morgan fingerprint density at radius 2 is 1.83 bits per heavy atom. The lowest BCUT2D eigenvalue weighted by atomic mass is 9.96. The molecule has 0 amide bonds. The van der Waals surface area contributed by atoms with E-state index in [0.29, 0.717) is 17.1 Å². The van der Waals surface area contributed by atoms with Gasteiger partial charge in [0.05, 0.1) is 35.7 Å². The summed E-state index contributed by atoms with van der Waals surface area (Å²) >= 11 is 0. The van der Waals surface area contributed by atoms with Gasteiger partial charge in [-0.3, -0.25) is 4.79 Å². The largest absolute Gasteiger partial charge is 0.416 e. The number of fused-ring (bicyclic) bond motifs is 1. The Morgan fingerprint density at radius 3 is 2.50 bits per heavy atom. The van der Waals surface area contributed by atoms with Gasteiger partial charge < -0.3 is 4.74 Å². The summed E-state index contributed by atoms with van der Waals surface area (Å²) in [5.41, 5.74) is 3.85. The van der Waals surface area contributed by atoms with Gasteiger partial charge in [0.25, 0.3) is 0 Å². The van der Waals surface area contributed by atoms with Crippen LogP contribution in [0, 0.1) is 6.92 Å². The lowest BCUT2D eigenvalue weighted by Gasteiger charge is -2.18. The Labute approximate surface area is 171 Å². The number of ketones is 1. The molecule has 1 aliphatic rings. The van der Waals surface area contributed by atoms with Crippen molar-refractivity contribution >= 4 is 11.5 Å². The molecule has 0 aliphatic carbocycles. The van der Waals surface area contributed by atoms with Crippen LogP contribution in [0.3, 0.4) is 0 Å². The van der Waals surface area contributed by atoms with Gasteiger partial charge in [-0.1, -0.05) is 42.0 Å². The summed E-state index contributed by atoms with van der Waals surface area (Å²) in [6.07, 6.45) is -3.01. The van der Waals surface area contributed by atoms with Gasteiger partial charge in [-0.25, -0.2) is 4.68 Å². The molecule has 4 rings (SSSR count). The third-order valence-electron chi connectivity index (χ3n) is 5.03. The fraction of sp³-hybridized carbons (Fsp3) is 0.217. The molecule has 0 saturated heterocycles. The van der Waals surface area contributed by atoms with E-state index in [1.165, 1.54) is 12.1 Å². The summed E-state index contributed by atoms with van der Waals surface area (Å²) < 4.78 is 46.5. The summed E-state index contributed by atoms with van der Waals surface area (Å²) in [7, 11) is 1.55. The van der Waals surface area contributed by atoms with Crippen molar-refractivity contribution in [3.63, 3.8) is 0 Å². The minimum atomic E-state index is -4.48. The third-order valence-corrected chi connectivity index (χ3v) is 5.03. The van der Waals surface area contributed by atoms with Crippen molar-refractivity contribution in [1.29, 1.82) is 0 Å². The molecule has 2 heterocycles. The topological polar surface area (TPSA) is 44.1 Å². The average molecular weight is 412 g/mol. The monoisotopic (exact) mass is 412 g/mol. The van der Waals surface area contributed by atoms with Crippen molar-refractivity contribution in [3.05, 3.63) is 82.7 Å². The number of rotatable bonds is 4. The van der Waals surface area contributed by atoms with Crippen LogP contribution in [-0.4, -0.2) is 22.7 Å². The molecule has 0 N–H and O–H groups in total. The molecule has 0 bridgehead atoms. The number of benzene rings is 2. The van der Waals surface area contributed by atoms with Gasteiger partial charge >= 0.3 is 6.18 Å². The van der Waals surface area contributed by atoms with E-state index in [0.717, 1.165) is 28.8 Å². The van der Waals surface area contributed by atoms with Crippen LogP contribution in [0.4, 0.5) is 13.2 Å². The van der Waals surface area contributed by atoms with Crippen LogP contribution < -0.4 is 0 Å². The molecular weight excluding hydrogens is 393 g/mol. The van der Waals surface area contributed by atoms with E-state index in [9.17, 15) is 18.0 Å². The molecule has 0 saturated carbocycles. The maximum atomic E-state index is 13.2. The fourth-order valence-electron chi connectivity index (χ4n) is 3.65. The quantitative estimate of drug-likeness (QED) is 0.603. The number of ether oxygens (including phenoxy) is 1. The third kappa shape index (κ3) is 3.68. The lowest BCUT2D eigenvalue weighted by Crippen LogP contribution is -2.17. The standard InChI is InChI=1S/C23H19F3N2O2/c1-14-6-8-15(9-7-14)22-19(13-30-2)27-28-20(11-18(29)12-21(22)28)16-4-3-5-17(10-16)23(24,25)26/h3-11H,12-13H2,1-2H3. The SMILES string of the molecule is COCc1nn2c(c1-c1ccc(C)cc1)CC(=O)C=C2c1cccc(C(F)(F)F)c1. The number of hydrogen-bond acceptors (Lipinski definition) is 3. The second kappa shape index (κ2) is 7.57. The number of methoxy groups -OCH3 is 1. The van der Waals surface area contributed by atoms with Crippen molar-refractivity contribution in [3.8, 4) is 11.1 Å². The maximum absolute atomic E-state index is 13.2. The number of nitrogens with zero attached hydrogens (tertiary/aromatic N) is 2. The Bertz CT molecular complexity index is 1140. The number of halogens is 3. The lowest BCUT2D eigenvalue weighted by molar-refractivity contribution is -0.137. The summed E-state index contributed by atoms with van der Waals surface area (Å²) in [5.74, 6) is -0.188. The number of carbonyl (C=O) groups is 1. The average Bonchev–Trinajstić information content (AvgIpc) is 3.05. The van der Waals surface area contributed by atoms with Crippen LogP contribution in [-0.2, 0) is 28.7 Å². The van der Waals surface area contributed by atoms with E-state index >= 15 is 0 Å². The number of aryl methyl sites for hydroxylation is 1. The molecule has 4 nitrogen and oxygen atoms in total. The van der Waals surface area contributed by atoms with Crippen LogP contribution in [0.5, 0.6) is 0 Å². The highest BCUT2D eigenvalue weighted by atomic mass is 19.4. The number of alkyl halides is 3. The van der Waals surface area contributed by atoms with Gasteiger partial charge in [-0.2, -0.15) is 18.3 Å². The Hall–Kier alpha value is -3.19. The van der Waals surface area contributed by atoms with Crippen molar-refractivity contribution in [2.75, 3.05) is 7.11 Å². The zero-order valence-electron chi connectivity index (χ0n) is 16.5. The molecule has 7 heteroatoms. The van der Waals surface area contributed by atoms with Gasteiger partial charge in [0.15, 0.2) is 5.78 Å². The van der Waals surface area contributed by atoms with Gasteiger partial charge in [0.1, 0.15) is 0 Å². The van der Waals surface area contributed by atoms with E-state index in [2.05, 4.69) is 5.10 Å². The molecule has 0 radical (unpaired) electrons.